The van der Waals surface area contributed by atoms with Crippen molar-refractivity contribution in [2.24, 2.45) is 0 Å². The van der Waals surface area contributed by atoms with Gasteiger partial charge in [-0.3, -0.25) is 9.71 Å². The number of ether oxygens (including phenoxy) is 1. The summed E-state index contributed by atoms with van der Waals surface area (Å²) in [5.41, 5.74) is 6.31. The maximum absolute atomic E-state index is 11.9. The molecule has 5 rings (SSSR count). The molecule has 2 atom stereocenters. The Hall–Kier alpha value is -3.41. The molecule has 0 bridgehead atoms. The molecule has 8 nitrogen and oxygen atoms in total. The van der Waals surface area contributed by atoms with Crippen LogP contribution >= 0.6 is 28.1 Å². The van der Waals surface area contributed by atoms with E-state index in [1.807, 2.05) is 36.4 Å². The number of benzene rings is 2. The van der Waals surface area contributed by atoms with Crippen LogP contribution < -0.4 is 19.7 Å². The molecule has 2 aromatic carbocycles. The number of hydrogen-bond acceptors (Lipinski definition) is 5. The Balaban J connectivity index is 1.66. The number of halogens is 1. The minimum Gasteiger partial charge on any atom is -0.494 e. The highest BCUT2D eigenvalue weighted by molar-refractivity contribution is 9.10. The average Bonchev–Trinajstić information content (AvgIpc) is 3.39. The largest absolute Gasteiger partial charge is 0.494 e. The molecule has 0 aliphatic carbocycles. The molecular weight excluding hydrogens is 598 g/mol. The SMILES string of the molecule is COc1cc(N2C(=S)N[C@@H](c3ccccn3)[C@@H]2c2cc(C)n(-c3ccc(Br)cc3)c2C)ccc1NS(C)(=O)=O. The van der Waals surface area contributed by atoms with Crippen LogP contribution in [0.4, 0.5) is 11.4 Å². The van der Waals surface area contributed by atoms with Gasteiger partial charge in [0.1, 0.15) is 5.75 Å². The lowest BCUT2D eigenvalue weighted by Gasteiger charge is -2.29. The number of hydrogen-bond donors (Lipinski definition) is 2. The third-order valence-electron chi connectivity index (χ3n) is 6.73. The summed E-state index contributed by atoms with van der Waals surface area (Å²) in [6.07, 6.45) is 2.88. The number of pyridine rings is 1. The van der Waals surface area contributed by atoms with E-state index in [1.165, 1.54) is 7.11 Å². The van der Waals surface area contributed by atoms with Crippen molar-refractivity contribution in [3.63, 3.8) is 0 Å². The van der Waals surface area contributed by atoms with Gasteiger partial charge in [-0.15, -0.1) is 0 Å². The number of nitrogens with one attached hydrogen (secondary N) is 2. The Labute approximate surface area is 242 Å². The molecule has 1 aliphatic rings. The van der Waals surface area contributed by atoms with Crippen LogP contribution in [0.5, 0.6) is 5.75 Å². The Bertz CT molecular complexity index is 1640. The van der Waals surface area contributed by atoms with Crippen molar-refractivity contribution in [2.75, 3.05) is 23.0 Å². The summed E-state index contributed by atoms with van der Waals surface area (Å²) >= 11 is 9.42. The zero-order chi connectivity index (χ0) is 27.9. The summed E-state index contributed by atoms with van der Waals surface area (Å²) in [5.74, 6) is 0.390. The first-order valence-corrected chi connectivity index (χ1v) is 15.3. The van der Waals surface area contributed by atoms with Crippen molar-refractivity contribution in [1.29, 1.82) is 0 Å². The third kappa shape index (κ3) is 5.39. The van der Waals surface area contributed by atoms with Crippen molar-refractivity contribution in [2.45, 2.75) is 25.9 Å². The second-order valence-corrected chi connectivity index (χ2v) is 12.4. The van der Waals surface area contributed by atoms with E-state index in [1.54, 1.807) is 18.3 Å². The lowest BCUT2D eigenvalue weighted by atomic mass is 9.96. The predicted octanol–water partition coefficient (Wildman–Crippen LogP) is 5.81. The zero-order valence-corrected chi connectivity index (χ0v) is 25.1. The number of thiocarbonyl (C=S) groups is 1. The molecule has 1 aliphatic heterocycles. The Morgan fingerprint density at radius 1 is 1.05 bits per heavy atom. The van der Waals surface area contributed by atoms with Gasteiger partial charge in [-0.25, -0.2) is 8.42 Å². The van der Waals surface area contributed by atoms with Crippen molar-refractivity contribution in [1.82, 2.24) is 14.9 Å². The number of sulfonamides is 1. The molecule has 3 heterocycles. The van der Waals surface area contributed by atoms with Crippen LogP contribution in [0.3, 0.4) is 0 Å². The Morgan fingerprint density at radius 3 is 2.41 bits per heavy atom. The van der Waals surface area contributed by atoms with E-state index in [-0.39, 0.29) is 12.1 Å². The van der Waals surface area contributed by atoms with Gasteiger partial charge in [0.05, 0.1) is 36.8 Å². The quantitative estimate of drug-likeness (QED) is 0.251. The van der Waals surface area contributed by atoms with Gasteiger partial charge in [0.25, 0.3) is 0 Å². The smallest absolute Gasteiger partial charge is 0.229 e. The number of aromatic nitrogens is 2. The number of aryl methyl sites for hydroxylation is 1. The maximum atomic E-state index is 11.9. The fraction of sp³-hybridized carbons (Fsp3) is 0.214. The van der Waals surface area contributed by atoms with Gasteiger partial charge in [0, 0.05) is 39.5 Å². The molecule has 2 N–H and O–H groups in total. The average molecular weight is 627 g/mol. The topological polar surface area (TPSA) is 88.5 Å². The van der Waals surface area contributed by atoms with Gasteiger partial charge >= 0.3 is 0 Å². The molecule has 0 amide bonds. The van der Waals surface area contributed by atoms with Crippen LogP contribution in [-0.4, -0.2) is 36.4 Å². The van der Waals surface area contributed by atoms with E-state index in [4.69, 9.17) is 17.0 Å². The molecule has 202 valence electrons. The van der Waals surface area contributed by atoms with E-state index < -0.39 is 10.0 Å². The van der Waals surface area contributed by atoms with E-state index >= 15 is 0 Å². The van der Waals surface area contributed by atoms with Gasteiger partial charge in [-0.05, 0) is 86.2 Å². The normalized spacial score (nSPS) is 17.3. The summed E-state index contributed by atoms with van der Waals surface area (Å²) in [7, 11) is -1.98. The Morgan fingerprint density at radius 2 is 1.77 bits per heavy atom. The molecule has 0 spiro atoms. The molecule has 39 heavy (non-hydrogen) atoms. The first kappa shape index (κ1) is 27.2. The molecule has 0 saturated carbocycles. The fourth-order valence-electron chi connectivity index (χ4n) is 5.14. The molecule has 4 aromatic rings. The van der Waals surface area contributed by atoms with Crippen LogP contribution in [0.2, 0.25) is 0 Å². The summed E-state index contributed by atoms with van der Waals surface area (Å²) in [4.78, 5) is 6.70. The minimum atomic E-state index is -3.48. The minimum absolute atomic E-state index is 0.225. The molecule has 11 heteroatoms. The standard InChI is InChI=1S/C28H28BrN5O3S2/c1-17-15-22(18(2)33(17)20-10-8-19(29)9-11-20)27-26(24-7-5-6-14-30-24)31-28(38)34(27)21-12-13-23(25(16-21)37-3)32-39(4,35)36/h5-16,26-27,32H,1-4H3,(H,31,38)/t26-,27-/m0/s1. The van der Waals surface area contributed by atoms with Crippen molar-refractivity contribution >= 4 is 54.7 Å². The van der Waals surface area contributed by atoms with Gasteiger partial charge in [0.2, 0.25) is 10.0 Å². The summed E-state index contributed by atoms with van der Waals surface area (Å²) in [6.45, 7) is 4.20. The second kappa shape index (κ2) is 10.6. The predicted molar refractivity (Wildman–Crippen MR) is 162 cm³/mol. The zero-order valence-electron chi connectivity index (χ0n) is 21.8. The summed E-state index contributed by atoms with van der Waals surface area (Å²) in [5, 5.41) is 4.02. The van der Waals surface area contributed by atoms with E-state index in [2.05, 4.69) is 72.5 Å². The summed E-state index contributed by atoms with van der Waals surface area (Å²) in [6, 6.07) is 21.1. The second-order valence-electron chi connectivity index (χ2n) is 9.39. The van der Waals surface area contributed by atoms with Crippen LogP contribution in [0, 0.1) is 13.8 Å². The number of anilines is 2. The molecule has 2 aromatic heterocycles. The van der Waals surface area contributed by atoms with Crippen molar-refractivity contribution in [3.8, 4) is 11.4 Å². The lowest BCUT2D eigenvalue weighted by molar-refractivity contribution is 0.417. The summed E-state index contributed by atoms with van der Waals surface area (Å²) < 4.78 is 35.1. The monoisotopic (exact) mass is 625 g/mol. The molecular formula is C28H28BrN5O3S2. The Kier molecular flexibility index (Phi) is 7.41. The number of rotatable bonds is 7. The van der Waals surface area contributed by atoms with Crippen LogP contribution in [0.15, 0.2) is 77.4 Å². The highest BCUT2D eigenvalue weighted by Gasteiger charge is 2.42. The van der Waals surface area contributed by atoms with E-state index in [0.717, 1.165) is 44.7 Å². The van der Waals surface area contributed by atoms with Crippen LogP contribution in [0.25, 0.3) is 5.69 Å². The van der Waals surface area contributed by atoms with E-state index in [9.17, 15) is 8.42 Å². The molecule has 0 unspecified atom stereocenters. The highest BCUT2D eigenvalue weighted by Crippen LogP contribution is 2.45. The molecule has 0 radical (unpaired) electrons. The number of methoxy groups -OCH3 is 1. The first-order valence-electron chi connectivity index (χ1n) is 12.2. The fourth-order valence-corrected chi connectivity index (χ4v) is 6.32. The first-order chi connectivity index (χ1) is 18.6. The van der Waals surface area contributed by atoms with Crippen molar-refractivity contribution in [3.05, 3.63) is 100 Å². The maximum Gasteiger partial charge on any atom is 0.229 e. The van der Waals surface area contributed by atoms with Gasteiger partial charge in [-0.2, -0.15) is 0 Å². The lowest BCUT2D eigenvalue weighted by Crippen LogP contribution is -2.29. The van der Waals surface area contributed by atoms with Crippen LogP contribution in [0.1, 0.15) is 34.7 Å². The molecule has 1 fully saturated rings. The van der Waals surface area contributed by atoms with Crippen LogP contribution in [-0.2, 0) is 10.0 Å². The van der Waals surface area contributed by atoms with Gasteiger partial charge < -0.3 is 19.5 Å². The third-order valence-corrected chi connectivity index (χ3v) is 8.16. The highest BCUT2D eigenvalue weighted by atomic mass is 79.9. The van der Waals surface area contributed by atoms with Gasteiger partial charge in [-0.1, -0.05) is 22.0 Å². The van der Waals surface area contributed by atoms with Gasteiger partial charge in [0.15, 0.2) is 5.11 Å². The molecule has 1 saturated heterocycles. The van der Waals surface area contributed by atoms with Crippen molar-refractivity contribution < 1.29 is 13.2 Å². The van der Waals surface area contributed by atoms with E-state index in [0.29, 0.717) is 16.5 Å². The number of nitrogens with zero attached hydrogens (tertiary/aromatic N) is 3.